The molecule has 2 rings (SSSR count). The molecule has 0 radical (unpaired) electrons. The summed E-state index contributed by atoms with van der Waals surface area (Å²) in [5, 5.41) is 3.76. The molecule has 0 saturated carbocycles. The molecule has 1 N–H and O–H groups in total. The highest BCUT2D eigenvalue weighted by Gasteiger charge is 2.19. The summed E-state index contributed by atoms with van der Waals surface area (Å²) in [7, 11) is -3.43. The van der Waals surface area contributed by atoms with Crippen molar-refractivity contribution < 1.29 is 13.2 Å². The lowest BCUT2D eigenvalue weighted by molar-refractivity contribution is -0.121. The Kier molecular flexibility index (Phi) is 5.54. The number of carbonyl (C=O) groups is 1. The molecular weight excluding hydrogens is 332 g/mol. The second-order valence-corrected chi connectivity index (χ2v) is 8.86. The summed E-state index contributed by atoms with van der Waals surface area (Å²) in [5.74, 6) is -0.493. The Hall–Kier alpha value is -1.73. The van der Waals surface area contributed by atoms with Crippen molar-refractivity contribution >= 4 is 27.1 Å². The molecule has 2 aromatic rings. The molecular formula is C16H20N2O3S2. The van der Waals surface area contributed by atoms with Crippen LogP contribution in [0.2, 0.25) is 0 Å². The fraction of sp³-hybridized carbons (Fsp3) is 0.375. The maximum atomic E-state index is 12.2. The number of nitrogens with one attached hydrogen (secondary N) is 1. The first kappa shape index (κ1) is 17.6. The molecule has 0 saturated heterocycles. The molecule has 1 amide bonds. The first-order valence-electron chi connectivity index (χ1n) is 7.30. The quantitative estimate of drug-likeness (QED) is 0.867. The zero-order valence-electron chi connectivity index (χ0n) is 13.4. The topological polar surface area (TPSA) is 76.1 Å². The molecule has 0 aliphatic carbocycles. The average molecular weight is 352 g/mol. The fourth-order valence-electron chi connectivity index (χ4n) is 2.30. The van der Waals surface area contributed by atoms with Crippen molar-refractivity contribution in [3.63, 3.8) is 0 Å². The second-order valence-electron chi connectivity index (χ2n) is 5.35. The third-order valence-electron chi connectivity index (χ3n) is 3.43. The molecule has 0 bridgehead atoms. The molecule has 5 nitrogen and oxygen atoms in total. The van der Waals surface area contributed by atoms with E-state index < -0.39 is 9.84 Å². The lowest BCUT2D eigenvalue weighted by atomic mass is 10.2. The van der Waals surface area contributed by atoms with Crippen LogP contribution in [-0.2, 0) is 14.6 Å². The highest BCUT2D eigenvalue weighted by molar-refractivity contribution is 7.91. The Balaban J connectivity index is 1.94. The lowest BCUT2D eigenvalue weighted by Gasteiger charge is -2.13. The fourth-order valence-corrected chi connectivity index (χ4v) is 4.48. The number of carbonyl (C=O) groups excluding carboxylic acids is 1. The molecule has 23 heavy (non-hydrogen) atoms. The maximum Gasteiger partial charge on any atom is 0.221 e. The molecule has 1 heterocycles. The number of aromatic nitrogens is 1. The van der Waals surface area contributed by atoms with E-state index in [0.717, 1.165) is 15.6 Å². The minimum absolute atomic E-state index is 0.0657. The summed E-state index contributed by atoms with van der Waals surface area (Å²) in [4.78, 5) is 17.7. The first-order chi connectivity index (χ1) is 10.8. The molecule has 1 aromatic carbocycles. The van der Waals surface area contributed by atoms with Gasteiger partial charge in [-0.05, 0) is 32.9 Å². The first-order valence-corrected chi connectivity index (χ1v) is 9.77. The number of benzene rings is 1. The summed E-state index contributed by atoms with van der Waals surface area (Å²) >= 11 is 1.58. The Bertz CT molecular complexity index is 783. The minimum Gasteiger partial charge on any atom is -0.348 e. The molecule has 0 fully saturated rings. The Morgan fingerprint density at radius 1 is 1.26 bits per heavy atom. The van der Waals surface area contributed by atoms with E-state index in [9.17, 15) is 13.2 Å². The zero-order chi connectivity index (χ0) is 17.0. The summed E-state index contributed by atoms with van der Waals surface area (Å²) in [6, 6.07) is 7.94. The van der Waals surface area contributed by atoms with Crippen LogP contribution < -0.4 is 5.32 Å². The van der Waals surface area contributed by atoms with Crippen molar-refractivity contribution in [1.82, 2.24) is 10.3 Å². The highest BCUT2D eigenvalue weighted by Crippen LogP contribution is 2.22. The standard InChI is InChI=1S/C16H20N2O3S2/c1-11(16-12(2)22-13(3)18-16)17-15(19)9-10-23(20,21)14-7-5-4-6-8-14/h4-8,11H,9-10H2,1-3H3,(H,17,19)/t11-/m0/s1. The normalized spacial score (nSPS) is 12.8. The van der Waals surface area contributed by atoms with Crippen LogP contribution in [0.5, 0.6) is 0 Å². The molecule has 1 aromatic heterocycles. The van der Waals surface area contributed by atoms with E-state index in [-0.39, 0.29) is 29.0 Å². The predicted molar refractivity (Wildman–Crippen MR) is 91.3 cm³/mol. The van der Waals surface area contributed by atoms with E-state index in [0.29, 0.717) is 0 Å². The van der Waals surface area contributed by atoms with Gasteiger partial charge in [0.15, 0.2) is 9.84 Å². The van der Waals surface area contributed by atoms with Crippen LogP contribution in [0.15, 0.2) is 35.2 Å². The van der Waals surface area contributed by atoms with Crippen LogP contribution in [0.4, 0.5) is 0 Å². The summed E-state index contributed by atoms with van der Waals surface area (Å²) in [6.45, 7) is 5.73. The van der Waals surface area contributed by atoms with Crippen molar-refractivity contribution in [2.75, 3.05) is 5.75 Å². The van der Waals surface area contributed by atoms with Crippen molar-refractivity contribution in [3.8, 4) is 0 Å². The number of rotatable bonds is 6. The number of amides is 1. The Labute approximate surface area is 140 Å². The molecule has 1 atom stereocenters. The van der Waals surface area contributed by atoms with Crippen LogP contribution in [0, 0.1) is 13.8 Å². The van der Waals surface area contributed by atoms with Crippen LogP contribution in [0.1, 0.15) is 35.0 Å². The van der Waals surface area contributed by atoms with E-state index in [4.69, 9.17) is 0 Å². The maximum absolute atomic E-state index is 12.2. The molecule has 0 spiro atoms. The van der Waals surface area contributed by atoms with Gasteiger partial charge in [0.05, 0.1) is 27.4 Å². The van der Waals surface area contributed by atoms with Gasteiger partial charge < -0.3 is 5.32 Å². The van der Waals surface area contributed by atoms with Gasteiger partial charge in [0, 0.05) is 11.3 Å². The monoisotopic (exact) mass is 352 g/mol. The van der Waals surface area contributed by atoms with E-state index >= 15 is 0 Å². The van der Waals surface area contributed by atoms with Crippen molar-refractivity contribution in [2.45, 2.75) is 38.1 Å². The van der Waals surface area contributed by atoms with Crippen LogP contribution >= 0.6 is 11.3 Å². The number of thiazole rings is 1. The summed E-state index contributed by atoms with van der Waals surface area (Å²) in [5.41, 5.74) is 0.840. The number of sulfone groups is 1. The molecule has 7 heteroatoms. The Morgan fingerprint density at radius 3 is 2.48 bits per heavy atom. The number of hydrogen-bond acceptors (Lipinski definition) is 5. The third kappa shape index (κ3) is 4.62. The van der Waals surface area contributed by atoms with E-state index in [2.05, 4.69) is 10.3 Å². The van der Waals surface area contributed by atoms with Gasteiger partial charge >= 0.3 is 0 Å². The molecule has 124 valence electrons. The van der Waals surface area contributed by atoms with E-state index in [1.54, 1.807) is 29.5 Å². The number of aryl methyl sites for hydroxylation is 2. The Morgan fingerprint density at radius 2 is 1.91 bits per heavy atom. The highest BCUT2D eigenvalue weighted by atomic mass is 32.2. The lowest BCUT2D eigenvalue weighted by Crippen LogP contribution is -2.28. The van der Waals surface area contributed by atoms with Crippen LogP contribution in [-0.4, -0.2) is 25.1 Å². The van der Waals surface area contributed by atoms with Crippen molar-refractivity contribution in [3.05, 3.63) is 45.9 Å². The van der Waals surface area contributed by atoms with E-state index in [1.807, 2.05) is 20.8 Å². The van der Waals surface area contributed by atoms with Gasteiger partial charge in [-0.25, -0.2) is 13.4 Å². The van der Waals surface area contributed by atoms with E-state index in [1.165, 1.54) is 12.1 Å². The van der Waals surface area contributed by atoms with Gasteiger partial charge in [-0.2, -0.15) is 0 Å². The average Bonchev–Trinajstić information content (AvgIpc) is 2.85. The zero-order valence-corrected chi connectivity index (χ0v) is 15.0. The van der Waals surface area contributed by atoms with Crippen LogP contribution in [0.3, 0.4) is 0 Å². The summed E-state index contributed by atoms with van der Waals surface area (Å²) in [6.07, 6.45) is -0.0657. The number of hydrogen-bond donors (Lipinski definition) is 1. The molecule has 0 aliphatic rings. The van der Waals surface area contributed by atoms with Gasteiger partial charge in [-0.15, -0.1) is 11.3 Å². The van der Waals surface area contributed by atoms with Gasteiger partial charge in [0.25, 0.3) is 0 Å². The summed E-state index contributed by atoms with van der Waals surface area (Å²) < 4.78 is 24.3. The van der Waals surface area contributed by atoms with Gasteiger partial charge in [-0.3, -0.25) is 4.79 Å². The van der Waals surface area contributed by atoms with Crippen molar-refractivity contribution in [1.29, 1.82) is 0 Å². The molecule has 0 aliphatic heterocycles. The smallest absolute Gasteiger partial charge is 0.221 e. The van der Waals surface area contributed by atoms with Gasteiger partial charge in [0.2, 0.25) is 5.91 Å². The largest absolute Gasteiger partial charge is 0.348 e. The van der Waals surface area contributed by atoms with Gasteiger partial charge in [-0.1, -0.05) is 18.2 Å². The number of nitrogens with zero attached hydrogens (tertiary/aromatic N) is 1. The van der Waals surface area contributed by atoms with Crippen molar-refractivity contribution in [2.24, 2.45) is 0 Å². The van der Waals surface area contributed by atoms with Gasteiger partial charge in [0.1, 0.15) is 0 Å². The van der Waals surface area contributed by atoms with Crippen LogP contribution in [0.25, 0.3) is 0 Å². The second kappa shape index (κ2) is 7.23. The predicted octanol–water partition coefficient (Wildman–Crippen LogP) is 2.80. The molecule has 0 unspecified atom stereocenters. The SMILES string of the molecule is Cc1nc([C@H](C)NC(=O)CCS(=O)(=O)c2ccccc2)c(C)s1. The minimum atomic E-state index is -3.43. The third-order valence-corrected chi connectivity index (χ3v) is 6.06.